The van der Waals surface area contributed by atoms with E-state index >= 15 is 0 Å². The number of aromatic nitrogens is 2. The van der Waals surface area contributed by atoms with Crippen LogP contribution in [0.3, 0.4) is 0 Å². The maximum atomic E-state index is 2.46. The summed E-state index contributed by atoms with van der Waals surface area (Å²) < 4.78 is 11.0. The smallest absolute Gasteiger partial charge is 0.0106 e. The monoisotopic (exact) mass is 452 g/mol. The summed E-state index contributed by atoms with van der Waals surface area (Å²) in [6, 6.07) is 8.72. The van der Waals surface area contributed by atoms with Crippen LogP contribution in [0.5, 0.6) is 0 Å². The summed E-state index contributed by atoms with van der Waals surface area (Å²) in [4.78, 5) is 0. The van der Waals surface area contributed by atoms with Gasteiger partial charge in [0.2, 0.25) is 0 Å². The van der Waals surface area contributed by atoms with E-state index in [4.69, 9.17) is 0 Å². The Morgan fingerprint density at radius 1 is 0.720 bits per heavy atom. The minimum absolute atomic E-state index is 1.36. The Kier molecular flexibility index (Phi) is 11.4. The fourth-order valence-electron chi connectivity index (χ4n) is 3.74. The van der Waals surface area contributed by atoms with Crippen molar-refractivity contribution in [2.75, 3.05) is 0 Å². The zero-order valence-electron chi connectivity index (χ0n) is 17.3. The van der Waals surface area contributed by atoms with Crippen molar-refractivity contribution in [3.05, 3.63) is 42.9 Å². The molecular formula is C22H40N2Sn. The van der Waals surface area contributed by atoms with Crippen molar-refractivity contribution in [2.45, 2.75) is 72.6 Å². The molecular weight excluding hydrogens is 411 g/mol. The van der Waals surface area contributed by atoms with Crippen molar-refractivity contribution < 1.29 is 0 Å². The Morgan fingerprint density at radius 3 is 1.48 bits per heavy atom. The van der Waals surface area contributed by atoms with E-state index < -0.39 is 18.4 Å². The van der Waals surface area contributed by atoms with Crippen LogP contribution in [-0.2, 0) is 14.1 Å². The van der Waals surface area contributed by atoms with Crippen LogP contribution in [0.1, 0.15) is 59.3 Å². The molecule has 2 aromatic heterocycles. The van der Waals surface area contributed by atoms with E-state index in [0.29, 0.717) is 0 Å². The van der Waals surface area contributed by atoms with Gasteiger partial charge in [-0.15, -0.1) is 0 Å². The SMILES string of the molecule is CCC[CH2][Sn]([CH2]CCC)([CH2]CCC)[c]1cccn1C.Cn1cccc1. The van der Waals surface area contributed by atoms with Crippen molar-refractivity contribution in [3.63, 3.8) is 0 Å². The Hall–Kier alpha value is -0.641. The summed E-state index contributed by atoms with van der Waals surface area (Å²) in [5, 5.41) is 0. The minimum Gasteiger partial charge on any atom is -0.357 e. The molecule has 0 saturated heterocycles. The number of aryl methyl sites for hydroxylation is 2. The Labute approximate surface area is 160 Å². The van der Waals surface area contributed by atoms with Gasteiger partial charge in [0.05, 0.1) is 0 Å². The van der Waals surface area contributed by atoms with E-state index in [1.54, 1.807) is 17.0 Å². The predicted molar refractivity (Wildman–Crippen MR) is 115 cm³/mol. The van der Waals surface area contributed by atoms with E-state index in [0.717, 1.165) is 0 Å². The van der Waals surface area contributed by atoms with Crippen LogP contribution < -0.4 is 3.71 Å². The Bertz CT molecular complexity index is 520. The summed E-state index contributed by atoms with van der Waals surface area (Å²) in [6.07, 6.45) is 14.7. The topological polar surface area (TPSA) is 9.86 Å². The third-order valence-corrected chi connectivity index (χ3v) is 21.1. The van der Waals surface area contributed by atoms with Crippen LogP contribution in [0.4, 0.5) is 0 Å². The van der Waals surface area contributed by atoms with E-state index in [1.807, 2.05) is 36.1 Å². The van der Waals surface area contributed by atoms with Gasteiger partial charge in [0.25, 0.3) is 0 Å². The molecule has 0 radical (unpaired) electrons. The van der Waals surface area contributed by atoms with Gasteiger partial charge in [-0.25, -0.2) is 0 Å². The van der Waals surface area contributed by atoms with Crippen LogP contribution in [0.25, 0.3) is 0 Å². The van der Waals surface area contributed by atoms with E-state index in [1.165, 1.54) is 38.5 Å². The van der Waals surface area contributed by atoms with Gasteiger partial charge in [-0.3, -0.25) is 0 Å². The molecule has 0 bridgehead atoms. The summed E-state index contributed by atoms with van der Waals surface area (Å²) >= 11 is -2.13. The first-order valence-electron chi connectivity index (χ1n) is 10.3. The molecule has 0 aliphatic heterocycles. The van der Waals surface area contributed by atoms with E-state index in [2.05, 4.69) is 50.7 Å². The number of unbranched alkanes of at least 4 members (excludes halogenated alkanes) is 3. The molecule has 0 unspecified atom stereocenters. The van der Waals surface area contributed by atoms with Gasteiger partial charge in [-0.05, 0) is 12.1 Å². The van der Waals surface area contributed by atoms with Gasteiger partial charge < -0.3 is 4.57 Å². The fourth-order valence-corrected chi connectivity index (χ4v) is 20.5. The first-order valence-corrected chi connectivity index (χ1v) is 17.8. The molecule has 0 fully saturated rings. The van der Waals surface area contributed by atoms with Gasteiger partial charge in [0.15, 0.2) is 0 Å². The second kappa shape index (κ2) is 12.7. The van der Waals surface area contributed by atoms with Gasteiger partial charge in [0, 0.05) is 19.4 Å². The molecule has 0 N–H and O–H groups in total. The summed E-state index contributed by atoms with van der Waals surface area (Å²) in [5.74, 6) is 0. The molecule has 3 heteroatoms. The standard InChI is InChI=1S/C5H7N.C5H6N.3C4H9.Sn/c2*1-6-4-2-3-5-6;3*1-3-4-2;/h2-5H,1H3;2-4H,1H3;3*1,3-4H2,2H3;. The third-order valence-electron chi connectivity index (χ3n) is 5.27. The van der Waals surface area contributed by atoms with Crippen LogP contribution in [0.15, 0.2) is 42.9 Å². The maximum Gasteiger partial charge on any atom is 0.0106 e. The van der Waals surface area contributed by atoms with Crippen molar-refractivity contribution in [1.82, 2.24) is 9.13 Å². The minimum atomic E-state index is -2.13. The van der Waals surface area contributed by atoms with Crippen LogP contribution in [0.2, 0.25) is 13.3 Å². The maximum absolute atomic E-state index is 2.46. The van der Waals surface area contributed by atoms with E-state index in [-0.39, 0.29) is 0 Å². The number of nitrogens with zero attached hydrogens (tertiary/aromatic N) is 2. The van der Waals surface area contributed by atoms with Crippen molar-refractivity contribution in [2.24, 2.45) is 14.1 Å². The molecule has 0 aliphatic rings. The normalized spacial score (nSPS) is 11.2. The Balaban J connectivity index is 0.000000435. The second-order valence-corrected chi connectivity index (χ2v) is 20.5. The molecule has 0 aromatic carbocycles. The molecule has 2 aromatic rings. The zero-order chi connectivity index (χ0) is 18.5. The fraction of sp³-hybridized carbons (Fsp3) is 0.636. The van der Waals surface area contributed by atoms with Crippen molar-refractivity contribution in [3.8, 4) is 0 Å². The molecule has 0 saturated carbocycles. The molecule has 2 nitrogen and oxygen atoms in total. The molecule has 2 rings (SSSR count). The van der Waals surface area contributed by atoms with Gasteiger partial charge >= 0.3 is 125 Å². The molecule has 0 aliphatic carbocycles. The third kappa shape index (κ3) is 7.64. The first-order chi connectivity index (χ1) is 12.1. The average Bonchev–Trinajstić information content (AvgIpc) is 3.27. The van der Waals surface area contributed by atoms with Crippen molar-refractivity contribution >= 4 is 22.1 Å². The molecule has 0 amide bonds. The molecule has 0 spiro atoms. The Morgan fingerprint density at radius 2 is 1.20 bits per heavy atom. The average molecular weight is 451 g/mol. The molecule has 25 heavy (non-hydrogen) atoms. The second-order valence-electron chi connectivity index (χ2n) is 7.44. The van der Waals surface area contributed by atoms with E-state index in [9.17, 15) is 0 Å². The van der Waals surface area contributed by atoms with Gasteiger partial charge in [0.1, 0.15) is 0 Å². The van der Waals surface area contributed by atoms with Crippen LogP contribution in [0, 0.1) is 0 Å². The molecule has 142 valence electrons. The van der Waals surface area contributed by atoms with Crippen LogP contribution in [-0.4, -0.2) is 27.5 Å². The number of hydrogen-bond donors (Lipinski definition) is 0. The summed E-state index contributed by atoms with van der Waals surface area (Å²) in [5.41, 5.74) is 0. The largest absolute Gasteiger partial charge is 0.357 e. The first kappa shape index (κ1) is 22.4. The predicted octanol–water partition coefficient (Wildman–Crippen LogP) is 6.11. The summed E-state index contributed by atoms with van der Waals surface area (Å²) in [7, 11) is 4.27. The number of rotatable bonds is 10. The zero-order valence-corrected chi connectivity index (χ0v) is 20.2. The van der Waals surface area contributed by atoms with Crippen LogP contribution >= 0.6 is 0 Å². The molecule has 0 atom stereocenters. The summed E-state index contributed by atoms with van der Waals surface area (Å²) in [6.45, 7) is 7.05. The van der Waals surface area contributed by atoms with Crippen molar-refractivity contribution in [1.29, 1.82) is 0 Å². The van der Waals surface area contributed by atoms with Gasteiger partial charge in [-0.1, -0.05) is 0 Å². The quantitative estimate of drug-likeness (QED) is 0.386. The molecule has 2 heterocycles. The van der Waals surface area contributed by atoms with Gasteiger partial charge in [-0.2, -0.15) is 0 Å². The number of hydrogen-bond acceptors (Lipinski definition) is 0.